The number of hydrogen-bond donors (Lipinski definition) is 1. The van der Waals surface area contributed by atoms with Crippen molar-refractivity contribution in [1.82, 2.24) is 0 Å². The molecule has 0 aromatic rings. The van der Waals surface area contributed by atoms with Gasteiger partial charge in [0.2, 0.25) is 0 Å². The first-order valence-electron chi connectivity index (χ1n) is 3.40. The number of aliphatic hydroxyl groups excluding tert-OH is 1. The molecule has 0 bridgehead atoms. The summed E-state index contributed by atoms with van der Waals surface area (Å²) >= 11 is 2.38. The predicted molar refractivity (Wildman–Crippen MR) is 49.0 cm³/mol. The molecule has 0 rings (SSSR count). The molecule has 0 spiro atoms. The highest BCUT2D eigenvalue weighted by molar-refractivity contribution is 14.1. The van der Waals surface area contributed by atoms with Gasteiger partial charge in [-0.1, -0.05) is 29.5 Å². The molecule has 0 aromatic carbocycles. The van der Waals surface area contributed by atoms with Gasteiger partial charge < -0.3 is 5.11 Å². The lowest BCUT2D eigenvalue weighted by Gasteiger charge is -2.07. The fourth-order valence-electron chi connectivity index (χ4n) is 0.603. The highest BCUT2D eigenvalue weighted by Gasteiger charge is 2.01. The zero-order valence-corrected chi connectivity index (χ0v) is 8.26. The van der Waals surface area contributed by atoms with Gasteiger partial charge in [-0.3, -0.25) is 0 Å². The van der Waals surface area contributed by atoms with E-state index < -0.39 is 0 Å². The van der Waals surface area contributed by atoms with Crippen LogP contribution in [0.1, 0.15) is 26.7 Å². The van der Waals surface area contributed by atoms with E-state index in [2.05, 4.69) is 29.5 Å². The van der Waals surface area contributed by atoms with Crippen LogP contribution < -0.4 is 0 Å². The maximum atomic E-state index is 8.89. The molecule has 0 aliphatic carbocycles. The topological polar surface area (TPSA) is 20.2 Å². The Hall–Kier alpha value is 0.690. The third kappa shape index (κ3) is 6.58. The van der Waals surface area contributed by atoms with Crippen LogP contribution in [0.4, 0.5) is 0 Å². The summed E-state index contributed by atoms with van der Waals surface area (Å²) in [4.78, 5) is 0. The lowest BCUT2D eigenvalue weighted by atomic mass is 10.1. The molecular weight excluding hydrogens is 227 g/mol. The summed E-state index contributed by atoms with van der Waals surface area (Å²) in [6, 6.07) is 0. The van der Waals surface area contributed by atoms with Crippen molar-refractivity contribution in [3.63, 3.8) is 0 Å². The zero-order chi connectivity index (χ0) is 7.28. The van der Waals surface area contributed by atoms with Gasteiger partial charge in [-0.25, -0.2) is 0 Å². The molecular formula is C7H15IO. The molecule has 9 heavy (non-hydrogen) atoms. The number of alkyl halides is 1. The van der Waals surface area contributed by atoms with Crippen molar-refractivity contribution >= 4 is 22.6 Å². The predicted octanol–water partition coefficient (Wildman–Crippen LogP) is 2.22. The highest BCUT2D eigenvalue weighted by atomic mass is 127. The van der Waals surface area contributed by atoms with Crippen molar-refractivity contribution in [2.75, 3.05) is 4.43 Å². The molecule has 0 saturated carbocycles. The lowest BCUT2D eigenvalue weighted by Crippen LogP contribution is -2.03. The third-order valence-corrected chi connectivity index (χ3v) is 2.84. The van der Waals surface area contributed by atoms with Crippen LogP contribution in [0.15, 0.2) is 0 Å². The fraction of sp³-hybridized carbons (Fsp3) is 1.00. The summed E-state index contributed by atoms with van der Waals surface area (Å²) in [6.07, 6.45) is 1.99. The molecule has 0 amide bonds. The Morgan fingerprint density at radius 3 is 2.22 bits per heavy atom. The number of aliphatic hydroxyl groups is 1. The average molecular weight is 242 g/mol. The van der Waals surface area contributed by atoms with E-state index in [0.29, 0.717) is 0 Å². The van der Waals surface area contributed by atoms with Crippen molar-refractivity contribution in [3.05, 3.63) is 0 Å². The summed E-state index contributed by atoms with van der Waals surface area (Å²) in [7, 11) is 0. The van der Waals surface area contributed by atoms with Crippen LogP contribution in [0.2, 0.25) is 0 Å². The minimum absolute atomic E-state index is 0.115. The van der Waals surface area contributed by atoms with E-state index in [9.17, 15) is 0 Å². The third-order valence-electron chi connectivity index (χ3n) is 1.34. The van der Waals surface area contributed by atoms with Crippen LogP contribution in [0, 0.1) is 5.92 Å². The van der Waals surface area contributed by atoms with E-state index >= 15 is 0 Å². The van der Waals surface area contributed by atoms with E-state index in [1.165, 1.54) is 4.43 Å². The molecule has 0 aliphatic rings. The van der Waals surface area contributed by atoms with Crippen LogP contribution in [0.25, 0.3) is 0 Å². The lowest BCUT2D eigenvalue weighted by molar-refractivity contribution is 0.176. The van der Waals surface area contributed by atoms with E-state index in [1.54, 1.807) is 0 Å². The molecule has 0 heterocycles. The molecule has 2 heteroatoms. The first-order chi connectivity index (χ1) is 4.16. The molecule has 0 fully saturated rings. The maximum Gasteiger partial charge on any atom is 0.0512 e. The largest absolute Gasteiger partial charge is 0.393 e. The van der Waals surface area contributed by atoms with Gasteiger partial charge in [0.15, 0.2) is 0 Å². The molecule has 56 valence electrons. The Morgan fingerprint density at radius 1 is 1.33 bits per heavy atom. The molecule has 0 radical (unpaired) electrons. The zero-order valence-electron chi connectivity index (χ0n) is 6.10. The monoisotopic (exact) mass is 242 g/mol. The van der Waals surface area contributed by atoms with Gasteiger partial charge in [0.05, 0.1) is 6.10 Å². The first kappa shape index (κ1) is 9.69. The fourth-order valence-corrected chi connectivity index (χ4v) is 1.04. The highest BCUT2D eigenvalue weighted by Crippen LogP contribution is 2.09. The number of halogens is 1. The van der Waals surface area contributed by atoms with E-state index in [0.717, 1.165) is 18.8 Å². The Bertz CT molecular complexity index is 63.9. The quantitative estimate of drug-likeness (QED) is 0.592. The van der Waals surface area contributed by atoms with Gasteiger partial charge >= 0.3 is 0 Å². The molecule has 1 N–H and O–H groups in total. The van der Waals surface area contributed by atoms with Crippen molar-refractivity contribution in [2.24, 2.45) is 5.92 Å². The van der Waals surface area contributed by atoms with Gasteiger partial charge in [0.25, 0.3) is 0 Å². The second kappa shape index (κ2) is 5.47. The van der Waals surface area contributed by atoms with Gasteiger partial charge in [-0.2, -0.15) is 0 Å². The Balaban J connectivity index is 3.06. The van der Waals surface area contributed by atoms with Crippen LogP contribution in [0.5, 0.6) is 0 Å². The first-order valence-corrected chi connectivity index (χ1v) is 4.93. The van der Waals surface area contributed by atoms with Gasteiger partial charge in [0, 0.05) is 4.43 Å². The Kier molecular flexibility index (Phi) is 5.89. The van der Waals surface area contributed by atoms with E-state index in [4.69, 9.17) is 5.11 Å². The summed E-state index contributed by atoms with van der Waals surface area (Å²) in [6.45, 7) is 4.06. The van der Waals surface area contributed by atoms with E-state index in [1.807, 2.05) is 6.92 Å². The van der Waals surface area contributed by atoms with Gasteiger partial charge in [-0.05, 0) is 25.7 Å². The number of hydrogen-bond acceptors (Lipinski definition) is 1. The number of rotatable bonds is 4. The Labute approximate surface area is 71.0 Å². The average Bonchev–Trinajstić information content (AvgIpc) is 1.83. The molecule has 1 nitrogen and oxygen atoms in total. The molecule has 0 saturated heterocycles. The molecule has 0 aromatic heterocycles. The van der Waals surface area contributed by atoms with Gasteiger partial charge in [0.1, 0.15) is 0 Å². The summed E-state index contributed by atoms with van der Waals surface area (Å²) in [5.41, 5.74) is 0. The minimum Gasteiger partial charge on any atom is -0.393 e. The summed E-state index contributed by atoms with van der Waals surface area (Å²) in [5, 5.41) is 8.89. The molecule has 2 atom stereocenters. The second-order valence-electron chi connectivity index (χ2n) is 2.69. The summed E-state index contributed by atoms with van der Waals surface area (Å²) in [5.74, 6) is 0.764. The summed E-state index contributed by atoms with van der Waals surface area (Å²) < 4.78 is 1.20. The van der Waals surface area contributed by atoms with Crippen molar-refractivity contribution in [1.29, 1.82) is 0 Å². The molecule has 2 unspecified atom stereocenters. The van der Waals surface area contributed by atoms with Crippen LogP contribution in [-0.4, -0.2) is 15.6 Å². The maximum absolute atomic E-state index is 8.89. The smallest absolute Gasteiger partial charge is 0.0512 e. The van der Waals surface area contributed by atoms with E-state index in [-0.39, 0.29) is 6.10 Å². The van der Waals surface area contributed by atoms with Crippen LogP contribution in [0.3, 0.4) is 0 Å². The minimum atomic E-state index is -0.115. The van der Waals surface area contributed by atoms with Crippen LogP contribution in [-0.2, 0) is 0 Å². The van der Waals surface area contributed by atoms with Crippen molar-refractivity contribution in [2.45, 2.75) is 32.8 Å². The molecule has 0 aliphatic heterocycles. The second-order valence-corrected chi connectivity index (χ2v) is 3.57. The standard InChI is InChI=1S/C7H15IO/c1-6(5-8)3-4-7(2)9/h6-7,9H,3-5H2,1-2H3. The SMILES string of the molecule is CC(O)CCC(C)CI. The van der Waals surface area contributed by atoms with Crippen molar-refractivity contribution in [3.8, 4) is 0 Å². The van der Waals surface area contributed by atoms with Crippen LogP contribution >= 0.6 is 22.6 Å². The normalized spacial score (nSPS) is 17.3. The van der Waals surface area contributed by atoms with Gasteiger partial charge in [-0.15, -0.1) is 0 Å². The van der Waals surface area contributed by atoms with Crippen molar-refractivity contribution < 1.29 is 5.11 Å². The Morgan fingerprint density at radius 2 is 1.89 bits per heavy atom.